The van der Waals surface area contributed by atoms with E-state index in [1.165, 1.54) is 18.8 Å². The van der Waals surface area contributed by atoms with Crippen molar-refractivity contribution in [3.05, 3.63) is 17.2 Å². The second-order valence-electron chi connectivity index (χ2n) is 4.06. The standard InChI is InChI=1S/C11H18ClN3/c1-3-14-6-5-9(8-14)11-13-7-10(12)15(11)4-2/h7,9H,3-6,8H2,1-2H3. The number of hydrogen-bond acceptors (Lipinski definition) is 2. The Bertz CT molecular complexity index is 335. The third-order valence-electron chi connectivity index (χ3n) is 3.24. The van der Waals surface area contributed by atoms with Crippen LogP contribution in [0.1, 0.15) is 32.0 Å². The van der Waals surface area contributed by atoms with Crippen LogP contribution in [-0.2, 0) is 6.54 Å². The molecule has 3 nitrogen and oxygen atoms in total. The van der Waals surface area contributed by atoms with Crippen molar-refractivity contribution in [2.45, 2.75) is 32.7 Å². The van der Waals surface area contributed by atoms with Crippen LogP contribution in [0.5, 0.6) is 0 Å². The van der Waals surface area contributed by atoms with Crippen molar-refractivity contribution in [2.75, 3.05) is 19.6 Å². The first-order chi connectivity index (χ1) is 7.26. The van der Waals surface area contributed by atoms with Crippen LogP contribution in [0.2, 0.25) is 5.15 Å². The average Bonchev–Trinajstić information content (AvgIpc) is 2.83. The smallest absolute Gasteiger partial charge is 0.128 e. The molecule has 0 aliphatic carbocycles. The van der Waals surface area contributed by atoms with Crippen molar-refractivity contribution in [2.24, 2.45) is 0 Å². The van der Waals surface area contributed by atoms with E-state index in [2.05, 4.69) is 28.3 Å². The van der Waals surface area contributed by atoms with Crippen molar-refractivity contribution in [1.29, 1.82) is 0 Å². The van der Waals surface area contributed by atoms with Gasteiger partial charge in [-0.25, -0.2) is 4.98 Å². The van der Waals surface area contributed by atoms with Gasteiger partial charge >= 0.3 is 0 Å². The summed E-state index contributed by atoms with van der Waals surface area (Å²) in [6.45, 7) is 8.69. The molecule has 1 aromatic rings. The van der Waals surface area contributed by atoms with Crippen molar-refractivity contribution < 1.29 is 0 Å². The van der Waals surface area contributed by atoms with E-state index >= 15 is 0 Å². The largest absolute Gasteiger partial charge is 0.319 e. The van der Waals surface area contributed by atoms with Gasteiger partial charge in [-0.15, -0.1) is 0 Å². The van der Waals surface area contributed by atoms with E-state index in [9.17, 15) is 0 Å². The molecule has 0 saturated carbocycles. The van der Waals surface area contributed by atoms with Gasteiger partial charge in [0.05, 0.1) is 6.20 Å². The first-order valence-corrected chi connectivity index (χ1v) is 6.07. The highest BCUT2D eigenvalue weighted by atomic mass is 35.5. The second kappa shape index (κ2) is 4.54. The molecule has 1 aromatic heterocycles. The fourth-order valence-corrected chi connectivity index (χ4v) is 2.59. The Morgan fingerprint density at radius 2 is 2.27 bits per heavy atom. The van der Waals surface area contributed by atoms with E-state index in [1.807, 2.05) is 0 Å². The molecule has 2 rings (SSSR count). The molecule has 1 aliphatic heterocycles. The lowest BCUT2D eigenvalue weighted by atomic mass is 10.1. The first-order valence-electron chi connectivity index (χ1n) is 5.69. The van der Waals surface area contributed by atoms with Crippen LogP contribution < -0.4 is 0 Å². The van der Waals surface area contributed by atoms with Gasteiger partial charge in [0.25, 0.3) is 0 Å². The molecule has 15 heavy (non-hydrogen) atoms. The maximum Gasteiger partial charge on any atom is 0.128 e. The maximum atomic E-state index is 6.08. The zero-order valence-corrected chi connectivity index (χ0v) is 10.2. The lowest BCUT2D eigenvalue weighted by molar-refractivity contribution is 0.351. The van der Waals surface area contributed by atoms with E-state index < -0.39 is 0 Å². The number of likely N-dealkylation sites (tertiary alicyclic amines) is 1. The molecule has 0 radical (unpaired) electrons. The summed E-state index contributed by atoms with van der Waals surface area (Å²) in [7, 11) is 0. The lowest BCUT2D eigenvalue weighted by Crippen LogP contribution is -2.20. The van der Waals surface area contributed by atoms with Crippen LogP contribution in [-0.4, -0.2) is 34.1 Å². The van der Waals surface area contributed by atoms with Crippen LogP contribution in [0.15, 0.2) is 6.20 Å². The summed E-state index contributed by atoms with van der Waals surface area (Å²) < 4.78 is 2.12. The molecule has 0 N–H and O–H groups in total. The fourth-order valence-electron chi connectivity index (χ4n) is 2.34. The molecule has 0 bridgehead atoms. The SMILES string of the molecule is CCN1CCC(c2ncc(Cl)n2CC)C1. The minimum absolute atomic E-state index is 0.567. The van der Waals surface area contributed by atoms with Gasteiger partial charge in [0.2, 0.25) is 0 Å². The topological polar surface area (TPSA) is 21.1 Å². The maximum absolute atomic E-state index is 6.08. The van der Waals surface area contributed by atoms with Gasteiger partial charge in [-0.2, -0.15) is 0 Å². The van der Waals surface area contributed by atoms with Gasteiger partial charge in [0.15, 0.2) is 0 Å². The average molecular weight is 228 g/mol. The number of rotatable bonds is 3. The Balaban J connectivity index is 2.16. The van der Waals surface area contributed by atoms with Crippen LogP contribution in [0, 0.1) is 0 Å². The van der Waals surface area contributed by atoms with Crippen LogP contribution in [0.25, 0.3) is 0 Å². The molecule has 0 spiro atoms. The predicted molar refractivity (Wildman–Crippen MR) is 62.4 cm³/mol. The molecule has 4 heteroatoms. The number of nitrogens with zero attached hydrogens (tertiary/aromatic N) is 3. The molecule has 1 aliphatic rings. The third kappa shape index (κ3) is 2.04. The highest BCUT2D eigenvalue weighted by Gasteiger charge is 2.26. The van der Waals surface area contributed by atoms with Crippen molar-refractivity contribution >= 4 is 11.6 Å². The van der Waals surface area contributed by atoms with Gasteiger partial charge in [-0.3, -0.25) is 0 Å². The van der Waals surface area contributed by atoms with E-state index in [0.717, 1.165) is 24.8 Å². The molecular formula is C11H18ClN3. The highest BCUT2D eigenvalue weighted by molar-refractivity contribution is 6.29. The molecule has 1 fully saturated rings. The Hall–Kier alpha value is -0.540. The summed E-state index contributed by atoms with van der Waals surface area (Å²) in [5.41, 5.74) is 0. The first kappa shape index (κ1) is 11.0. The highest BCUT2D eigenvalue weighted by Crippen LogP contribution is 2.27. The quantitative estimate of drug-likeness (QED) is 0.791. The molecule has 1 unspecified atom stereocenters. The number of halogens is 1. The Morgan fingerprint density at radius 1 is 1.47 bits per heavy atom. The monoisotopic (exact) mass is 227 g/mol. The molecule has 1 atom stereocenters. The summed E-state index contributed by atoms with van der Waals surface area (Å²) in [6.07, 6.45) is 2.98. The summed E-state index contributed by atoms with van der Waals surface area (Å²) in [6, 6.07) is 0. The van der Waals surface area contributed by atoms with Gasteiger partial charge in [-0.1, -0.05) is 18.5 Å². The van der Waals surface area contributed by atoms with Crippen molar-refractivity contribution in [3.8, 4) is 0 Å². The Morgan fingerprint density at radius 3 is 2.87 bits per heavy atom. The van der Waals surface area contributed by atoms with E-state index in [0.29, 0.717) is 5.92 Å². The molecular weight excluding hydrogens is 210 g/mol. The normalized spacial score (nSPS) is 22.5. The number of likely N-dealkylation sites (N-methyl/N-ethyl adjacent to an activating group) is 1. The molecule has 2 heterocycles. The number of aromatic nitrogens is 2. The van der Waals surface area contributed by atoms with Gasteiger partial charge in [-0.05, 0) is 26.4 Å². The Labute approximate surface area is 96.0 Å². The molecule has 0 aromatic carbocycles. The Kier molecular flexibility index (Phi) is 3.32. The lowest BCUT2D eigenvalue weighted by Gasteiger charge is -2.14. The van der Waals surface area contributed by atoms with E-state index in [1.54, 1.807) is 6.20 Å². The van der Waals surface area contributed by atoms with Crippen molar-refractivity contribution in [3.63, 3.8) is 0 Å². The van der Waals surface area contributed by atoms with Crippen LogP contribution in [0.4, 0.5) is 0 Å². The molecule has 1 saturated heterocycles. The predicted octanol–water partition coefficient (Wildman–Crippen LogP) is 2.37. The van der Waals surface area contributed by atoms with Crippen molar-refractivity contribution in [1.82, 2.24) is 14.5 Å². The zero-order chi connectivity index (χ0) is 10.8. The fraction of sp³-hybridized carbons (Fsp3) is 0.727. The number of imidazole rings is 1. The second-order valence-corrected chi connectivity index (χ2v) is 4.45. The van der Waals surface area contributed by atoms with E-state index in [4.69, 9.17) is 11.6 Å². The van der Waals surface area contributed by atoms with Crippen LogP contribution >= 0.6 is 11.6 Å². The number of hydrogen-bond donors (Lipinski definition) is 0. The minimum atomic E-state index is 0.567. The minimum Gasteiger partial charge on any atom is -0.319 e. The van der Waals surface area contributed by atoms with Gasteiger partial charge in [0.1, 0.15) is 11.0 Å². The van der Waals surface area contributed by atoms with E-state index in [-0.39, 0.29) is 0 Å². The van der Waals surface area contributed by atoms with Gasteiger partial charge < -0.3 is 9.47 Å². The summed E-state index contributed by atoms with van der Waals surface area (Å²) >= 11 is 6.08. The molecule has 84 valence electrons. The third-order valence-corrected chi connectivity index (χ3v) is 3.54. The molecule has 0 amide bonds. The summed E-state index contributed by atoms with van der Waals surface area (Å²) in [4.78, 5) is 6.91. The summed E-state index contributed by atoms with van der Waals surface area (Å²) in [5.74, 6) is 1.73. The van der Waals surface area contributed by atoms with Crippen LogP contribution in [0.3, 0.4) is 0 Å². The van der Waals surface area contributed by atoms with Gasteiger partial charge in [0, 0.05) is 19.0 Å². The zero-order valence-electron chi connectivity index (χ0n) is 9.41. The summed E-state index contributed by atoms with van der Waals surface area (Å²) in [5, 5.41) is 0.766.